The maximum Gasteiger partial charge on any atom is 0.355 e. The van der Waals surface area contributed by atoms with Crippen molar-refractivity contribution in [2.24, 2.45) is 4.99 Å². The Morgan fingerprint density at radius 3 is 2.77 bits per heavy atom. The number of halogens is 1. The first kappa shape index (κ1) is 14.4. The van der Waals surface area contributed by atoms with Gasteiger partial charge in [0.25, 0.3) is 0 Å². The van der Waals surface area contributed by atoms with Gasteiger partial charge in [-0.25, -0.2) is 4.79 Å². The van der Waals surface area contributed by atoms with Gasteiger partial charge in [-0.1, -0.05) is 23.7 Å². The van der Waals surface area contributed by atoms with E-state index in [0.717, 1.165) is 5.39 Å². The van der Waals surface area contributed by atoms with Crippen molar-refractivity contribution in [2.45, 2.75) is 6.92 Å². The Balaban J connectivity index is 2.05. The van der Waals surface area contributed by atoms with E-state index in [0.29, 0.717) is 22.4 Å². The molecule has 0 spiro atoms. The summed E-state index contributed by atoms with van der Waals surface area (Å²) >= 11 is 5.89. The predicted molar refractivity (Wildman–Crippen MR) is 87.6 cm³/mol. The van der Waals surface area contributed by atoms with Crippen LogP contribution in [0.25, 0.3) is 11.0 Å². The van der Waals surface area contributed by atoms with Crippen molar-refractivity contribution >= 4 is 34.5 Å². The first-order valence-corrected chi connectivity index (χ1v) is 6.99. The molecule has 1 heterocycles. The van der Waals surface area contributed by atoms with E-state index in [-0.39, 0.29) is 10.8 Å². The fourth-order valence-electron chi connectivity index (χ4n) is 2.14. The molecule has 3 rings (SSSR count). The average molecular weight is 314 g/mol. The molecule has 0 fully saturated rings. The number of para-hydroxylation sites is 1. The Morgan fingerprint density at radius 2 is 2.00 bits per heavy atom. The molecule has 2 aromatic carbocycles. The summed E-state index contributed by atoms with van der Waals surface area (Å²) in [6, 6.07) is 12.2. The summed E-state index contributed by atoms with van der Waals surface area (Å²) in [4.78, 5) is 15.9. The smallest absolute Gasteiger partial charge is 0.355 e. The molecule has 0 atom stereocenters. The zero-order chi connectivity index (χ0) is 15.7. The molecule has 0 aliphatic carbocycles. The van der Waals surface area contributed by atoms with Gasteiger partial charge >= 0.3 is 5.63 Å². The molecule has 0 saturated carbocycles. The molecule has 110 valence electrons. The van der Waals surface area contributed by atoms with E-state index in [4.69, 9.17) is 16.0 Å². The zero-order valence-electron chi connectivity index (χ0n) is 11.7. The molecule has 5 heteroatoms. The molecule has 0 aliphatic rings. The van der Waals surface area contributed by atoms with Gasteiger partial charge in [-0.3, -0.25) is 4.99 Å². The third-order valence-electron chi connectivity index (χ3n) is 3.37. The standard InChI is InChI=1S/C17H12ClNO3/c1-10-13-7-6-12(8-15(13)22-17(21)16(10)18)19-9-11-4-2-3-5-14(11)20/h2-9,20H,1H3. The van der Waals surface area contributed by atoms with Crippen LogP contribution in [-0.2, 0) is 0 Å². The number of hydrogen-bond donors (Lipinski definition) is 1. The molecule has 22 heavy (non-hydrogen) atoms. The minimum atomic E-state index is -0.562. The Labute approximate surface area is 131 Å². The zero-order valence-corrected chi connectivity index (χ0v) is 12.5. The van der Waals surface area contributed by atoms with Gasteiger partial charge in [0.1, 0.15) is 16.4 Å². The lowest BCUT2D eigenvalue weighted by Gasteiger charge is -2.03. The number of nitrogens with zero attached hydrogens (tertiary/aromatic N) is 1. The predicted octanol–water partition coefficient (Wildman–Crippen LogP) is 4.21. The van der Waals surface area contributed by atoms with Crippen LogP contribution in [0.1, 0.15) is 11.1 Å². The first-order valence-electron chi connectivity index (χ1n) is 6.61. The SMILES string of the molecule is Cc1c(Cl)c(=O)oc2cc(N=Cc3ccccc3O)ccc12. The van der Waals surface area contributed by atoms with Gasteiger partial charge < -0.3 is 9.52 Å². The molecule has 0 amide bonds. The lowest BCUT2D eigenvalue weighted by molar-refractivity contribution is 0.474. The van der Waals surface area contributed by atoms with Crippen molar-refractivity contribution in [3.8, 4) is 5.75 Å². The molecular formula is C17H12ClNO3. The highest BCUT2D eigenvalue weighted by atomic mass is 35.5. The van der Waals surface area contributed by atoms with Crippen LogP contribution in [0.5, 0.6) is 5.75 Å². The number of hydrogen-bond acceptors (Lipinski definition) is 4. The Morgan fingerprint density at radius 1 is 1.23 bits per heavy atom. The fraction of sp³-hybridized carbons (Fsp3) is 0.0588. The van der Waals surface area contributed by atoms with E-state index >= 15 is 0 Å². The maximum absolute atomic E-state index is 11.6. The molecule has 0 saturated heterocycles. The highest BCUT2D eigenvalue weighted by Gasteiger charge is 2.09. The van der Waals surface area contributed by atoms with Crippen LogP contribution in [0.15, 0.2) is 56.7 Å². The largest absolute Gasteiger partial charge is 0.507 e. The fourth-order valence-corrected chi connectivity index (χ4v) is 2.28. The quantitative estimate of drug-likeness (QED) is 0.569. The summed E-state index contributed by atoms with van der Waals surface area (Å²) in [5.41, 5.74) is 1.77. The van der Waals surface area contributed by atoms with E-state index in [9.17, 15) is 9.90 Å². The Kier molecular flexibility index (Phi) is 3.69. The molecule has 0 radical (unpaired) electrons. The van der Waals surface area contributed by atoms with E-state index in [1.165, 1.54) is 0 Å². The molecule has 0 unspecified atom stereocenters. The van der Waals surface area contributed by atoms with Crippen molar-refractivity contribution in [3.05, 3.63) is 69.0 Å². The maximum atomic E-state index is 11.6. The van der Waals surface area contributed by atoms with E-state index in [2.05, 4.69) is 4.99 Å². The van der Waals surface area contributed by atoms with Gasteiger partial charge in [0.2, 0.25) is 0 Å². The number of phenolic OH excluding ortho intramolecular Hbond substituents is 1. The summed E-state index contributed by atoms with van der Waals surface area (Å²) in [5.74, 6) is 0.154. The van der Waals surface area contributed by atoms with Gasteiger partial charge in [0, 0.05) is 23.2 Å². The van der Waals surface area contributed by atoms with Crippen LogP contribution in [0.4, 0.5) is 5.69 Å². The summed E-state index contributed by atoms with van der Waals surface area (Å²) in [5, 5.41) is 10.6. The highest BCUT2D eigenvalue weighted by Crippen LogP contribution is 2.26. The minimum Gasteiger partial charge on any atom is -0.507 e. The van der Waals surface area contributed by atoms with Crippen LogP contribution in [0.2, 0.25) is 5.02 Å². The molecule has 4 nitrogen and oxygen atoms in total. The van der Waals surface area contributed by atoms with Crippen LogP contribution in [0, 0.1) is 6.92 Å². The Hall–Kier alpha value is -2.59. The van der Waals surface area contributed by atoms with Crippen molar-refractivity contribution in [1.82, 2.24) is 0 Å². The number of phenols is 1. The van der Waals surface area contributed by atoms with Crippen molar-refractivity contribution in [1.29, 1.82) is 0 Å². The second-order valence-electron chi connectivity index (χ2n) is 4.83. The van der Waals surface area contributed by atoms with Crippen LogP contribution >= 0.6 is 11.6 Å². The van der Waals surface area contributed by atoms with Gasteiger partial charge in [0.05, 0.1) is 5.69 Å². The van der Waals surface area contributed by atoms with Crippen LogP contribution in [-0.4, -0.2) is 11.3 Å². The molecule has 1 aromatic heterocycles. The van der Waals surface area contributed by atoms with Crippen LogP contribution in [0.3, 0.4) is 0 Å². The first-order chi connectivity index (χ1) is 10.6. The average Bonchev–Trinajstić information content (AvgIpc) is 2.52. The number of aryl methyl sites for hydroxylation is 1. The summed E-state index contributed by atoms with van der Waals surface area (Å²) in [7, 11) is 0. The van der Waals surface area contributed by atoms with Gasteiger partial charge in [-0.2, -0.15) is 0 Å². The van der Waals surface area contributed by atoms with Crippen molar-refractivity contribution in [2.75, 3.05) is 0 Å². The van der Waals surface area contributed by atoms with Gasteiger partial charge in [0.15, 0.2) is 0 Å². The van der Waals surface area contributed by atoms with E-state index in [1.807, 2.05) is 6.07 Å². The number of aliphatic imine (C=N–C) groups is 1. The van der Waals surface area contributed by atoms with Gasteiger partial charge in [-0.05, 0) is 36.8 Å². The summed E-state index contributed by atoms with van der Waals surface area (Å²) < 4.78 is 5.18. The summed E-state index contributed by atoms with van der Waals surface area (Å²) in [6.07, 6.45) is 1.55. The second-order valence-corrected chi connectivity index (χ2v) is 5.20. The lowest BCUT2D eigenvalue weighted by Crippen LogP contribution is -2.01. The minimum absolute atomic E-state index is 0.0953. The summed E-state index contributed by atoms with van der Waals surface area (Å²) in [6.45, 7) is 1.77. The van der Waals surface area contributed by atoms with E-state index < -0.39 is 5.63 Å². The van der Waals surface area contributed by atoms with Gasteiger partial charge in [-0.15, -0.1) is 0 Å². The monoisotopic (exact) mass is 313 g/mol. The Bertz CT molecular complexity index is 944. The third-order valence-corrected chi connectivity index (χ3v) is 3.81. The van der Waals surface area contributed by atoms with E-state index in [1.54, 1.807) is 49.5 Å². The lowest BCUT2D eigenvalue weighted by atomic mass is 10.1. The number of fused-ring (bicyclic) bond motifs is 1. The number of benzene rings is 2. The molecule has 0 aliphatic heterocycles. The molecule has 3 aromatic rings. The number of aromatic hydroxyl groups is 1. The van der Waals surface area contributed by atoms with Crippen LogP contribution < -0.4 is 5.63 Å². The molecule has 1 N–H and O–H groups in total. The topological polar surface area (TPSA) is 62.8 Å². The number of rotatable bonds is 2. The van der Waals surface area contributed by atoms with Crippen molar-refractivity contribution in [3.63, 3.8) is 0 Å². The van der Waals surface area contributed by atoms with Crippen molar-refractivity contribution < 1.29 is 9.52 Å². The second kappa shape index (κ2) is 5.66. The molecular weight excluding hydrogens is 302 g/mol. The normalized spacial score (nSPS) is 11.4. The highest BCUT2D eigenvalue weighted by molar-refractivity contribution is 6.31. The third kappa shape index (κ3) is 2.61. The molecule has 0 bridgehead atoms.